The van der Waals surface area contributed by atoms with Crippen molar-refractivity contribution >= 4 is 86.7 Å². The minimum absolute atomic E-state index is 0.0830. The number of benzene rings is 2. The van der Waals surface area contributed by atoms with Crippen molar-refractivity contribution in [3.8, 4) is 0 Å². The Labute approximate surface area is 311 Å². The maximum absolute atomic E-state index is 11.8. The molecule has 0 bridgehead atoms. The summed E-state index contributed by atoms with van der Waals surface area (Å²) in [5, 5.41) is 20.5. The number of carboxylic acids is 1. The second kappa shape index (κ2) is 15.4. The van der Waals surface area contributed by atoms with Crippen molar-refractivity contribution < 1.29 is 14.7 Å². The van der Waals surface area contributed by atoms with Gasteiger partial charge in [-0.1, -0.05) is 0 Å². The molecule has 13 heteroatoms. The van der Waals surface area contributed by atoms with E-state index in [0.717, 1.165) is 83.5 Å². The van der Waals surface area contributed by atoms with Crippen molar-refractivity contribution in [2.24, 2.45) is 0 Å². The molecule has 2 saturated carbocycles. The number of aromatic nitrogens is 4. The molecule has 0 saturated heterocycles. The van der Waals surface area contributed by atoms with Crippen molar-refractivity contribution in [1.82, 2.24) is 29.7 Å². The van der Waals surface area contributed by atoms with Crippen molar-refractivity contribution in [1.29, 1.82) is 0 Å². The van der Waals surface area contributed by atoms with Crippen molar-refractivity contribution in [3.63, 3.8) is 0 Å². The molecule has 2 aliphatic rings. The molecule has 0 atom stereocenters. The summed E-state index contributed by atoms with van der Waals surface area (Å²) in [6, 6.07) is 13.3. The van der Waals surface area contributed by atoms with Gasteiger partial charge in [0.1, 0.15) is 34.0 Å². The number of nitrogens with zero attached hydrogens (tertiary/aromatic N) is 6. The third-order valence-corrected chi connectivity index (χ3v) is 12.9. The molecule has 0 amide bonds. The van der Waals surface area contributed by atoms with Gasteiger partial charge in [-0.2, -0.15) is 0 Å². The van der Waals surface area contributed by atoms with E-state index >= 15 is 0 Å². The number of fused-ring (bicyclic) bond motifs is 6. The van der Waals surface area contributed by atoms with Gasteiger partial charge in [-0.15, -0.1) is 22.7 Å². The van der Waals surface area contributed by atoms with Gasteiger partial charge in [0.2, 0.25) is 0 Å². The lowest BCUT2D eigenvalue weighted by Gasteiger charge is -2.33. The van der Waals surface area contributed by atoms with Gasteiger partial charge in [-0.3, -0.25) is 4.79 Å². The molecule has 4 aromatic heterocycles. The second-order valence-electron chi connectivity index (χ2n) is 14.5. The number of anilines is 2. The summed E-state index contributed by atoms with van der Waals surface area (Å²) in [6.07, 6.45) is 12.5. The fourth-order valence-electron chi connectivity index (χ4n) is 7.65. The highest BCUT2D eigenvalue weighted by Gasteiger charge is 2.25. The Morgan fingerprint density at radius 2 is 1.08 bits per heavy atom. The first-order chi connectivity index (χ1) is 25.0. The summed E-state index contributed by atoms with van der Waals surface area (Å²) in [5.74, 6) is 0.881. The first-order valence-electron chi connectivity index (χ1n) is 18.0. The van der Waals surface area contributed by atoms with Crippen molar-refractivity contribution in [3.05, 3.63) is 60.2 Å². The van der Waals surface area contributed by atoms with Crippen LogP contribution in [0.4, 0.5) is 11.6 Å². The molecule has 0 unspecified atom stereocenters. The number of carbonyl (C=O) groups excluding carboxylic acids is 1. The van der Waals surface area contributed by atoms with E-state index in [2.05, 4.69) is 68.6 Å². The van der Waals surface area contributed by atoms with Crippen LogP contribution in [0.2, 0.25) is 0 Å². The summed E-state index contributed by atoms with van der Waals surface area (Å²) in [7, 11) is 8.61. The quantitative estimate of drug-likeness (QED) is 0.131. The highest BCUT2D eigenvalue weighted by molar-refractivity contribution is 7.26. The lowest BCUT2D eigenvalue weighted by atomic mass is 9.90. The van der Waals surface area contributed by atoms with Crippen LogP contribution in [0.3, 0.4) is 0 Å². The number of hydrogen-bond acceptors (Lipinski definition) is 12. The molecule has 0 radical (unpaired) electrons. The number of carbonyl (C=O) groups is 2. The van der Waals surface area contributed by atoms with E-state index in [9.17, 15) is 14.7 Å². The lowest BCUT2D eigenvalue weighted by molar-refractivity contribution is 0.0696. The highest BCUT2D eigenvalue weighted by Crippen LogP contribution is 2.39. The second-order valence-corrected chi connectivity index (χ2v) is 16.6. The van der Waals surface area contributed by atoms with Crippen LogP contribution in [0, 0.1) is 0 Å². The van der Waals surface area contributed by atoms with E-state index in [1.165, 1.54) is 25.7 Å². The average Bonchev–Trinajstić information content (AvgIpc) is 3.71. The van der Waals surface area contributed by atoms with Gasteiger partial charge >= 0.3 is 5.97 Å². The van der Waals surface area contributed by atoms with E-state index < -0.39 is 5.97 Å². The monoisotopic (exact) mass is 738 g/mol. The molecule has 52 heavy (non-hydrogen) atoms. The highest BCUT2D eigenvalue weighted by atomic mass is 32.1. The summed E-state index contributed by atoms with van der Waals surface area (Å²) in [4.78, 5) is 47.5. The van der Waals surface area contributed by atoms with Crippen LogP contribution in [0.25, 0.3) is 40.6 Å². The summed E-state index contributed by atoms with van der Waals surface area (Å²) in [5.41, 5.74) is 1.02. The molecular formula is C39H46N8O3S2. The maximum Gasteiger partial charge on any atom is 0.335 e. The van der Waals surface area contributed by atoms with Gasteiger partial charge in [-0.25, -0.2) is 24.7 Å². The molecule has 0 aliphatic heterocycles. The third kappa shape index (κ3) is 7.59. The zero-order chi connectivity index (χ0) is 36.5. The fourth-order valence-corrected chi connectivity index (χ4v) is 9.69. The van der Waals surface area contributed by atoms with Crippen LogP contribution in [-0.4, -0.2) is 99.0 Å². The molecule has 4 heterocycles. The minimum atomic E-state index is -0.917. The number of Topliss-reactive ketones (excluding diaryl/α,β-unsaturated/α-hetero) is 1. The molecule has 2 fully saturated rings. The van der Waals surface area contributed by atoms with E-state index in [-0.39, 0.29) is 5.78 Å². The first-order valence-corrected chi connectivity index (χ1v) is 19.6. The number of carboxylic acid groups (broad SMARTS) is 1. The van der Waals surface area contributed by atoms with Gasteiger partial charge in [0.25, 0.3) is 0 Å². The van der Waals surface area contributed by atoms with Gasteiger partial charge in [0.05, 0.1) is 16.3 Å². The van der Waals surface area contributed by atoms with Gasteiger partial charge < -0.3 is 25.5 Å². The van der Waals surface area contributed by atoms with Crippen LogP contribution in [0.5, 0.6) is 0 Å². The number of hydrogen-bond donors (Lipinski definition) is 3. The number of thiophene rings is 2. The third-order valence-electron chi connectivity index (χ3n) is 10.7. The number of rotatable bonds is 8. The SMILES string of the molecule is CC(=O)c1ccc2sc3ncnc(NC4CCC(N(C)C)CC4)c3c2c1.CN(C)C1CCC(Nc2ncnc3sc4ccc(C(=O)O)cc4c23)CC1. The predicted molar refractivity (Wildman–Crippen MR) is 214 cm³/mol. The average molecular weight is 739 g/mol. The summed E-state index contributed by atoms with van der Waals surface area (Å²) in [6.45, 7) is 1.61. The van der Waals surface area contributed by atoms with Crippen molar-refractivity contribution in [2.45, 2.75) is 82.5 Å². The van der Waals surface area contributed by atoms with E-state index in [4.69, 9.17) is 0 Å². The summed E-state index contributed by atoms with van der Waals surface area (Å²) >= 11 is 3.23. The van der Waals surface area contributed by atoms with E-state index in [0.29, 0.717) is 29.7 Å². The molecule has 6 aromatic rings. The summed E-state index contributed by atoms with van der Waals surface area (Å²) < 4.78 is 2.18. The van der Waals surface area contributed by atoms with Gasteiger partial charge in [0, 0.05) is 49.9 Å². The predicted octanol–water partition coefficient (Wildman–Crippen LogP) is 8.16. The van der Waals surface area contributed by atoms with E-state index in [1.54, 1.807) is 54.4 Å². The molecule has 272 valence electrons. The van der Waals surface area contributed by atoms with Gasteiger partial charge in [-0.05, 0) is 123 Å². The smallest absolute Gasteiger partial charge is 0.335 e. The zero-order valence-electron chi connectivity index (χ0n) is 30.3. The minimum Gasteiger partial charge on any atom is -0.478 e. The van der Waals surface area contributed by atoms with Crippen LogP contribution >= 0.6 is 22.7 Å². The molecule has 2 aromatic carbocycles. The van der Waals surface area contributed by atoms with Crippen LogP contribution in [0.1, 0.15) is 79.0 Å². The normalized spacial score (nSPS) is 20.8. The van der Waals surface area contributed by atoms with Crippen LogP contribution in [-0.2, 0) is 0 Å². The van der Waals surface area contributed by atoms with E-state index in [1.807, 2.05) is 24.3 Å². The molecule has 8 rings (SSSR count). The molecular weight excluding hydrogens is 693 g/mol. The number of nitrogens with one attached hydrogen (secondary N) is 2. The Morgan fingerprint density at radius 3 is 1.48 bits per heavy atom. The Morgan fingerprint density at radius 1 is 0.654 bits per heavy atom. The Bertz CT molecular complexity index is 2080. The number of ketones is 1. The standard InChI is InChI=1S/C20H24N4OS.C19H22N4O2S/c1-12(25)13-4-9-17-16(10-13)18-19(21-11-22-20(18)26-17)23-14-5-7-15(8-6-14)24(2)3;1-23(2)13-6-4-12(5-7-13)22-17-16-14-9-11(19(24)25)3-8-15(14)26-18(16)21-10-20-17/h4,9-11,14-15H,5-8H2,1-3H3,(H,21,22,23);3,8-10,12-13H,4-7H2,1-2H3,(H,24,25)(H,20,21,22). The van der Waals surface area contributed by atoms with Crippen LogP contribution < -0.4 is 10.6 Å². The zero-order valence-corrected chi connectivity index (χ0v) is 32.0. The van der Waals surface area contributed by atoms with Gasteiger partial charge in [0.15, 0.2) is 5.78 Å². The maximum atomic E-state index is 11.8. The largest absolute Gasteiger partial charge is 0.478 e. The fraction of sp³-hybridized carbons (Fsp3) is 0.436. The Hall–Kier alpha value is -4.30. The lowest BCUT2D eigenvalue weighted by Crippen LogP contribution is -2.36. The van der Waals surface area contributed by atoms with Crippen molar-refractivity contribution in [2.75, 3.05) is 38.8 Å². The topological polar surface area (TPSA) is 136 Å². The number of aromatic carboxylic acids is 1. The Balaban J connectivity index is 0.000000162. The molecule has 3 N–H and O–H groups in total. The molecule has 0 spiro atoms. The van der Waals surface area contributed by atoms with Crippen LogP contribution in [0.15, 0.2) is 49.1 Å². The molecule has 11 nitrogen and oxygen atoms in total. The first kappa shape index (κ1) is 36.1. The molecule has 2 aliphatic carbocycles. The Kier molecular flexibility index (Phi) is 10.7.